The molecule has 0 atom stereocenters. The van der Waals surface area contributed by atoms with E-state index in [1.165, 1.54) is 0 Å². The molecule has 0 bridgehead atoms. The van der Waals surface area contributed by atoms with Gasteiger partial charge >= 0.3 is 6.18 Å². The van der Waals surface area contributed by atoms with Gasteiger partial charge < -0.3 is 0 Å². The Labute approximate surface area is 112 Å². The summed E-state index contributed by atoms with van der Waals surface area (Å²) in [6, 6.07) is 12.0. The third-order valence-electron chi connectivity index (χ3n) is 2.50. The van der Waals surface area contributed by atoms with Crippen LogP contribution in [0.15, 0.2) is 53.4 Å². The second kappa shape index (κ2) is 5.65. The van der Waals surface area contributed by atoms with Gasteiger partial charge in [-0.15, -0.1) is 11.8 Å². The van der Waals surface area contributed by atoms with Crippen LogP contribution in [-0.4, -0.2) is 0 Å². The van der Waals surface area contributed by atoms with E-state index < -0.39 is 17.6 Å². The number of alkyl halides is 3. The lowest BCUT2D eigenvalue weighted by molar-refractivity contribution is -0.140. The Balaban J connectivity index is 2.25. The predicted molar refractivity (Wildman–Crippen MR) is 67.4 cm³/mol. The second-order valence-electron chi connectivity index (χ2n) is 3.89. The van der Waals surface area contributed by atoms with Gasteiger partial charge in [-0.3, -0.25) is 0 Å². The van der Waals surface area contributed by atoms with E-state index in [2.05, 4.69) is 0 Å². The molecule has 5 heteroatoms. The summed E-state index contributed by atoms with van der Waals surface area (Å²) in [6.45, 7) is 0. The third kappa shape index (κ3) is 3.50. The molecule has 0 aliphatic rings. The third-order valence-corrected chi connectivity index (χ3v) is 3.68. The smallest absolute Gasteiger partial charge is 0.206 e. The van der Waals surface area contributed by atoms with Crippen molar-refractivity contribution in [1.29, 1.82) is 0 Å². The maximum Gasteiger partial charge on any atom is 0.417 e. The summed E-state index contributed by atoms with van der Waals surface area (Å²) in [5.74, 6) is -0.541. The Hall–Kier alpha value is -1.49. The quantitative estimate of drug-likeness (QED) is 0.556. The standard InChI is InChI=1S/C14H10F4S/c15-12-8-4-7-11(14(16,17)18)13(12)19-9-10-5-2-1-3-6-10/h1-8H,9H2. The van der Waals surface area contributed by atoms with E-state index >= 15 is 0 Å². The van der Waals surface area contributed by atoms with E-state index in [1.807, 2.05) is 6.07 Å². The lowest BCUT2D eigenvalue weighted by Gasteiger charge is -2.13. The van der Waals surface area contributed by atoms with Crippen LogP contribution in [0.2, 0.25) is 0 Å². The zero-order valence-corrected chi connectivity index (χ0v) is 10.6. The van der Waals surface area contributed by atoms with Gasteiger partial charge in [-0.25, -0.2) is 4.39 Å². The number of hydrogen-bond acceptors (Lipinski definition) is 1. The largest absolute Gasteiger partial charge is 0.417 e. The molecule has 0 N–H and O–H groups in total. The lowest BCUT2D eigenvalue weighted by atomic mass is 10.2. The molecule has 0 heterocycles. The molecule has 0 aliphatic heterocycles. The fraction of sp³-hybridized carbons (Fsp3) is 0.143. The highest BCUT2D eigenvalue weighted by atomic mass is 32.2. The van der Waals surface area contributed by atoms with Crippen molar-refractivity contribution < 1.29 is 17.6 Å². The van der Waals surface area contributed by atoms with Crippen LogP contribution in [0.25, 0.3) is 0 Å². The minimum Gasteiger partial charge on any atom is -0.206 e. The van der Waals surface area contributed by atoms with E-state index in [0.29, 0.717) is 5.75 Å². The van der Waals surface area contributed by atoms with Gasteiger partial charge in [0.05, 0.1) is 10.5 Å². The Morgan fingerprint density at radius 1 is 0.895 bits per heavy atom. The molecule has 2 rings (SSSR count). The minimum absolute atomic E-state index is 0.296. The highest BCUT2D eigenvalue weighted by Crippen LogP contribution is 2.39. The molecule has 0 nitrogen and oxygen atoms in total. The molecule has 0 saturated carbocycles. The summed E-state index contributed by atoms with van der Waals surface area (Å²) >= 11 is 0.859. The number of rotatable bonds is 3. The van der Waals surface area contributed by atoms with Crippen molar-refractivity contribution in [3.63, 3.8) is 0 Å². The summed E-state index contributed by atoms with van der Waals surface area (Å²) in [5, 5.41) is 0. The average Bonchev–Trinajstić information content (AvgIpc) is 2.37. The van der Waals surface area contributed by atoms with Gasteiger partial charge in [-0.1, -0.05) is 36.4 Å². The Morgan fingerprint density at radius 3 is 2.21 bits per heavy atom. The van der Waals surface area contributed by atoms with Crippen molar-refractivity contribution in [3.8, 4) is 0 Å². The van der Waals surface area contributed by atoms with Gasteiger partial charge in [-0.05, 0) is 17.7 Å². The zero-order valence-electron chi connectivity index (χ0n) is 9.75. The van der Waals surface area contributed by atoms with Gasteiger partial charge in [0.15, 0.2) is 0 Å². The number of halogens is 4. The van der Waals surface area contributed by atoms with Crippen LogP contribution in [0.4, 0.5) is 17.6 Å². The zero-order chi connectivity index (χ0) is 13.9. The Kier molecular flexibility index (Phi) is 4.14. The molecule has 0 radical (unpaired) electrons. The van der Waals surface area contributed by atoms with Crippen LogP contribution >= 0.6 is 11.8 Å². The average molecular weight is 286 g/mol. The molecule has 100 valence electrons. The van der Waals surface area contributed by atoms with Crippen LogP contribution in [0.5, 0.6) is 0 Å². The molecule has 0 aliphatic carbocycles. The van der Waals surface area contributed by atoms with E-state index in [0.717, 1.165) is 35.5 Å². The summed E-state index contributed by atoms with van der Waals surface area (Å²) < 4.78 is 51.9. The molecular weight excluding hydrogens is 276 g/mol. The molecule has 2 aromatic carbocycles. The van der Waals surface area contributed by atoms with Gasteiger partial charge in [0.2, 0.25) is 0 Å². The minimum atomic E-state index is -4.54. The fourth-order valence-corrected chi connectivity index (χ4v) is 2.66. The number of hydrogen-bond donors (Lipinski definition) is 0. The van der Waals surface area contributed by atoms with Gasteiger partial charge in [0.25, 0.3) is 0 Å². The summed E-state index contributed by atoms with van der Waals surface area (Å²) in [4.78, 5) is -0.348. The lowest BCUT2D eigenvalue weighted by Crippen LogP contribution is -2.08. The first-order chi connectivity index (χ1) is 8.98. The summed E-state index contributed by atoms with van der Waals surface area (Å²) in [7, 11) is 0. The van der Waals surface area contributed by atoms with Crippen molar-refractivity contribution in [2.45, 2.75) is 16.8 Å². The normalized spacial score (nSPS) is 11.6. The molecule has 2 aromatic rings. The molecule has 0 amide bonds. The van der Waals surface area contributed by atoms with Crippen molar-refractivity contribution >= 4 is 11.8 Å². The van der Waals surface area contributed by atoms with E-state index in [4.69, 9.17) is 0 Å². The predicted octanol–water partition coefficient (Wildman–Crippen LogP) is 5.14. The summed E-state index contributed by atoms with van der Waals surface area (Å²) in [6.07, 6.45) is -4.54. The van der Waals surface area contributed by atoms with Gasteiger partial charge in [-0.2, -0.15) is 13.2 Å². The molecule has 0 fully saturated rings. The maximum atomic E-state index is 13.6. The Morgan fingerprint density at radius 2 is 1.58 bits per heavy atom. The van der Waals surface area contributed by atoms with Crippen molar-refractivity contribution in [2.75, 3.05) is 0 Å². The topological polar surface area (TPSA) is 0 Å². The van der Waals surface area contributed by atoms with Gasteiger partial charge in [0, 0.05) is 5.75 Å². The number of benzene rings is 2. The maximum absolute atomic E-state index is 13.6. The molecular formula is C14H10F4S. The fourth-order valence-electron chi connectivity index (χ4n) is 1.61. The molecule has 0 saturated heterocycles. The first-order valence-corrected chi connectivity index (χ1v) is 6.49. The number of thioether (sulfide) groups is 1. The summed E-state index contributed by atoms with van der Waals surface area (Å²) in [5.41, 5.74) is -0.0719. The first-order valence-electron chi connectivity index (χ1n) is 5.51. The van der Waals surface area contributed by atoms with E-state index in [1.54, 1.807) is 24.3 Å². The second-order valence-corrected chi connectivity index (χ2v) is 4.87. The van der Waals surface area contributed by atoms with Gasteiger partial charge in [0.1, 0.15) is 5.82 Å². The van der Waals surface area contributed by atoms with Crippen LogP contribution in [0.1, 0.15) is 11.1 Å². The Bertz CT molecular complexity index is 549. The van der Waals surface area contributed by atoms with Crippen LogP contribution < -0.4 is 0 Å². The SMILES string of the molecule is Fc1cccc(C(F)(F)F)c1SCc1ccccc1. The van der Waals surface area contributed by atoms with Crippen LogP contribution in [-0.2, 0) is 11.9 Å². The highest BCUT2D eigenvalue weighted by molar-refractivity contribution is 7.98. The van der Waals surface area contributed by atoms with Crippen molar-refractivity contribution in [2.24, 2.45) is 0 Å². The molecule has 0 spiro atoms. The monoisotopic (exact) mass is 286 g/mol. The molecule has 19 heavy (non-hydrogen) atoms. The van der Waals surface area contributed by atoms with Crippen molar-refractivity contribution in [1.82, 2.24) is 0 Å². The molecule has 0 unspecified atom stereocenters. The van der Waals surface area contributed by atoms with Crippen molar-refractivity contribution in [3.05, 3.63) is 65.5 Å². The molecule has 0 aromatic heterocycles. The van der Waals surface area contributed by atoms with Crippen LogP contribution in [0, 0.1) is 5.82 Å². The van der Waals surface area contributed by atoms with E-state index in [9.17, 15) is 17.6 Å². The van der Waals surface area contributed by atoms with Crippen LogP contribution in [0.3, 0.4) is 0 Å². The van der Waals surface area contributed by atoms with E-state index in [-0.39, 0.29) is 4.90 Å². The first kappa shape index (κ1) is 13.9. The highest BCUT2D eigenvalue weighted by Gasteiger charge is 2.34.